The molecule has 0 amide bonds. The summed E-state index contributed by atoms with van der Waals surface area (Å²) < 4.78 is 0. The molecule has 1 fully saturated rings. The second kappa shape index (κ2) is 8.03. The van der Waals surface area contributed by atoms with Gasteiger partial charge < -0.3 is 10.6 Å². The SMILES string of the molecule is CCCNc1cc(NC2CCCCCCC2)ccn1. The van der Waals surface area contributed by atoms with Gasteiger partial charge in [-0.05, 0) is 25.3 Å². The van der Waals surface area contributed by atoms with E-state index in [4.69, 9.17) is 0 Å². The molecule has 1 heterocycles. The van der Waals surface area contributed by atoms with Crippen LogP contribution < -0.4 is 10.6 Å². The summed E-state index contributed by atoms with van der Waals surface area (Å²) >= 11 is 0. The number of rotatable bonds is 5. The predicted octanol–water partition coefficient (Wildman–Crippen LogP) is 4.43. The van der Waals surface area contributed by atoms with Gasteiger partial charge in [0, 0.05) is 30.5 Å². The van der Waals surface area contributed by atoms with Crippen molar-refractivity contribution in [1.29, 1.82) is 0 Å². The molecule has 3 nitrogen and oxygen atoms in total. The summed E-state index contributed by atoms with van der Waals surface area (Å²) in [6, 6.07) is 4.85. The fraction of sp³-hybridized carbons (Fsp3) is 0.688. The molecule has 19 heavy (non-hydrogen) atoms. The number of aromatic nitrogens is 1. The van der Waals surface area contributed by atoms with Crippen LogP contribution in [-0.2, 0) is 0 Å². The van der Waals surface area contributed by atoms with E-state index in [0.717, 1.165) is 18.8 Å². The van der Waals surface area contributed by atoms with Crippen LogP contribution in [0.15, 0.2) is 18.3 Å². The first-order valence-corrected chi connectivity index (χ1v) is 7.85. The highest BCUT2D eigenvalue weighted by atomic mass is 15.0. The number of nitrogens with zero attached hydrogens (tertiary/aromatic N) is 1. The second-order valence-electron chi connectivity index (χ2n) is 5.54. The van der Waals surface area contributed by atoms with Crippen LogP contribution in [0.4, 0.5) is 11.5 Å². The first kappa shape index (κ1) is 14.2. The summed E-state index contributed by atoms with van der Waals surface area (Å²) in [5.74, 6) is 0.984. The third-order valence-corrected chi connectivity index (χ3v) is 3.79. The van der Waals surface area contributed by atoms with Gasteiger partial charge in [-0.25, -0.2) is 4.98 Å². The lowest BCUT2D eigenvalue weighted by Gasteiger charge is -2.22. The molecule has 1 saturated carbocycles. The molecule has 2 rings (SSSR count). The molecule has 0 radical (unpaired) electrons. The van der Waals surface area contributed by atoms with Crippen molar-refractivity contribution in [2.45, 2.75) is 64.3 Å². The normalized spacial score (nSPS) is 17.5. The van der Waals surface area contributed by atoms with Gasteiger partial charge in [0.05, 0.1) is 0 Å². The average Bonchev–Trinajstić information content (AvgIpc) is 2.40. The maximum Gasteiger partial charge on any atom is 0.127 e. The van der Waals surface area contributed by atoms with E-state index in [1.165, 1.54) is 50.6 Å². The molecule has 0 spiro atoms. The molecule has 0 saturated heterocycles. The van der Waals surface area contributed by atoms with Gasteiger partial charge in [0.15, 0.2) is 0 Å². The standard InChI is InChI=1S/C16H27N3/c1-2-11-17-16-13-15(10-12-18-16)19-14-8-6-4-3-5-7-9-14/h10,12-14H,2-9,11H2,1H3,(H2,17,18,19). The number of hydrogen-bond acceptors (Lipinski definition) is 3. The molecule has 0 unspecified atom stereocenters. The van der Waals surface area contributed by atoms with Crippen LogP contribution in [0.2, 0.25) is 0 Å². The summed E-state index contributed by atoms with van der Waals surface area (Å²) in [7, 11) is 0. The maximum absolute atomic E-state index is 4.35. The maximum atomic E-state index is 4.35. The van der Waals surface area contributed by atoms with Crippen LogP contribution in [0.5, 0.6) is 0 Å². The molecular formula is C16H27N3. The number of pyridine rings is 1. The van der Waals surface area contributed by atoms with Crippen LogP contribution >= 0.6 is 0 Å². The van der Waals surface area contributed by atoms with Crippen molar-refractivity contribution in [2.75, 3.05) is 17.2 Å². The van der Waals surface area contributed by atoms with Gasteiger partial charge in [0.25, 0.3) is 0 Å². The zero-order valence-electron chi connectivity index (χ0n) is 12.1. The summed E-state index contributed by atoms with van der Waals surface area (Å²) in [5.41, 5.74) is 1.21. The largest absolute Gasteiger partial charge is 0.382 e. The van der Waals surface area contributed by atoms with Crippen molar-refractivity contribution in [3.8, 4) is 0 Å². The molecular weight excluding hydrogens is 234 g/mol. The highest BCUT2D eigenvalue weighted by molar-refractivity contribution is 5.52. The molecule has 0 aliphatic heterocycles. The smallest absolute Gasteiger partial charge is 0.127 e. The van der Waals surface area contributed by atoms with Crippen molar-refractivity contribution in [2.24, 2.45) is 0 Å². The van der Waals surface area contributed by atoms with E-state index in [2.05, 4.69) is 34.7 Å². The van der Waals surface area contributed by atoms with Crippen molar-refractivity contribution in [3.63, 3.8) is 0 Å². The van der Waals surface area contributed by atoms with E-state index in [9.17, 15) is 0 Å². The number of anilines is 2. The number of hydrogen-bond donors (Lipinski definition) is 2. The van der Waals surface area contributed by atoms with Crippen LogP contribution in [-0.4, -0.2) is 17.6 Å². The highest BCUT2D eigenvalue weighted by Gasteiger charge is 2.11. The predicted molar refractivity (Wildman–Crippen MR) is 82.7 cm³/mol. The van der Waals surface area contributed by atoms with Crippen LogP contribution in [0.25, 0.3) is 0 Å². The van der Waals surface area contributed by atoms with Gasteiger partial charge in [-0.2, -0.15) is 0 Å². The van der Waals surface area contributed by atoms with Crippen molar-refractivity contribution in [1.82, 2.24) is 4.98 Å². The van der Waals surface area contributed by atoms with E-state index < -0.39 is 0 Å². The van der Waals surface area contributed by atoms with E-state index in [-0.39, 0.29) is 0 Å². The molecule has 0 aromatic carbocycles. The summed E-state index contributed by atoms with van der Waals surface area (Å²) in [4.78, 5) is 4.35. The lowest BCUT2D eigenvalue weighted by atomic mass is 9.96. The van der Waals surface area contributed by atoms with E-state index in [1.54, 1.807) is 0 Å². The lowest BCUT2D eigenvalue weighted by Crippen LogP contribution is -2.20. The van der Waals surface area contributed by atoms with Gasteiger partial charge in [-0.3, -0.25) is 0 Å². The minimum Gasteiger partial charge on any atom is -0.382 e. The summed E-state index contributed by atoms with van der Waals surface area (Å²) in [6.45, 7) is 3.16. The average molecular weight is 261 g/mol. The highest BCUT2D eigenvalue weighted by Crippen LogP contribution is 2.21. The Bertz CT molecular complexity index is 357. The fourth-order valence-electron chi connectivity index (χ4n) is 2.71. The van der Waals surface area contributed by atoms with E-state index >= 15 is 0 Å². The van der Waals surface area contributed by atoms with Crippen LogP contribution in [0.3, 0.4) is 0 Å². The van der Waals surface area contributed by atoms with Crippen LogP contribution in [0.1, 0.15) is 58.3 Å². The molecule has 0 atom stereocenters. The molecule has 0 bridgehead atoms. The topological polar surface area (TPSA) is 37.0 Å². The first-order valence-electron chi connectivity index (χ1n) is 7.85. The van der Waals surface area contributed by atoms with Gasteiger partial charge in [-0.15, -0.1) is 0 Å². The fourth-order valence-corrected chi connectivity index (χ4v) is 2.71. The second-order valence-corrected chi connectivity index (χ2v) is 5.54. The van der Waals surface area contributed by atoms with Gasteiger partial charge in [0.1, 0.15) is 5.82 Å². The molecule has 1 aromatic rings. The molecule has 1 aliphatic rings. The Balaban J connectivity index is 1.89. The van der Waals surface area contributed by atoms with Gasteiger partial charge in [-0.1, -0.05) is 39.0 Å². The Hall–Kier alpha value is -1.25. The van der Waals surface area contributed by atoms with E-state index in [1.807, 2.05) is 6.20 Å². The van der Waals surface area contributed by atoms with Crippen LogP contribution in [0, 0.1) is 0 Å². The molecule has 3 heteroatoms. The van der Waals surface area contributed by atoms with Crippen molar-refractivity contribution in [3.05, 3.63) is 18.3 Å². The van der Waals surface area contributed by atoms with Crippen molar-refractivity contribution >= 4 is 11.5 Å². The Morgan fingerprint density at radius 2 is 1.89 bits per heavy atom. The third kappa shape index (κ3) is 5.09. The molecule has 1 aromatic heterocycles. The minimum atomic E-state index is 0.640. The Morgan fingerprint density at radius 3 is 2.63 bits per heavy atom. The van der Waals surface area contributed by atoms with E-state index in [0.29, 0.717) is 6.04 Å². The molecule has 2 N–H and O–H groups in total. The summed E-state index contributed by atoms with van der Waals surface area (Å²) in [6.07, 6.45) is 12.6. The minimum absolute atomic E-state index is 0.640. The zero-order chi connectivity index (χ0) is 13.3. The van der Waals surface area contributed by atoms with Crippen molar-refractivity contribution < 1.29 is 0 Å². The summed E-state index contributed by atoms with van der Waals surface area (Å²) in [5, 5.41) is 7.03. The molecule has 1 aliphatic carbocycles. The molecule has 106 valence electrons. The Kier molecular flexibility index (Phi) is 5.99. The third-order valence-electron chi connectivity index (χ3n) is 3.79. The Morgan fingerprint density at radius 1 is 1.16 bits per heavy atom. The van der Waals surface area contributed by atoms with Gasteiger partial charge in [0.2, 0.25) is 0 Å². The zero-order valence-corrected chi connectivity index (χ0v) is 12.1. The van der Waals surface area contributed by atoms with Gasteiger partial charge >= 0.3 is 0 Å². The monoisotopic (exact) mass is 261 g/mol. The lowest BCUT2D eigenvalue weighted by molar-refractivity contribution is 0.471. The quantitative estimate of drug-likeness (QED) is 0.823. The first-order chi connectivity index (χ1) is 9.38. The Labute approximate surface area is 117 Å². The number of nitrogens with one attached hydrogen (secondary N) is 2.